The fourth-order valence-electron chi connectivity index (χ4n) is 1.07. The highest BCUT2D eigenvalue weighted by Gasteiger charge is 2.17. The molecule has 0 amide bonds. The van der Waals surface area contributed by atoms with Crippen molar-refractivity contribution in [2.45, 2.75) is 13.8 Å². The molecule has 1 N–H and O–H groups in total. The van der Waals surface area contributed by atoms with Crippen molar-refractivity contribution in [2.75, 3.05) is 6.61 Å². The molecule has 0 aliphatic rings. The van der Waals surface area contributed by atoms with Gasteiger partial charge >= 0.3 is 5.69 Å². The molecule has 1 aromatic rings. The molecule has 0 fully saturated rings. The predicted molar refractivity (Wildman–Crippen MR) is 50.7 cm³/mol. The minimum Gasteiger partial charge on any atom is -0.507 e. The van der Waals surface area contributed by atoms with Crippen LogP contribution in [-0.2, 0) is 0 Å². The van der Waals surface area contributed by atoms with Crippen LogP contribution < -0.4 is 4.74 Å². The maximum absolute atomic E-state index is 10.6. The van der Waals surface area contributed by atoms with Crippen LogP contribution in [0.3, 0.4) is 0 Å². The Morgan fingerprint density at radius 3 is 2.71 bits per heavy atom. The second kappa shape index (κ2) is 3.95. The number of ether oxygens (including phenoxy) is 1. The van der Waals surface area contributed by atoms with Gasteiger partial charge in [0.15, 0.2) is 5.75 Å². The number of phenols is 1. The van der Waals surface area contributed by atoms with Crippen LogP contribution in [-0.4, -0.2) is 16.6 Å². The largest absolute Gasteiger partial charge is 0.507 e. The smallest absolute Gasteiger partial charge is 0.314 e. The molecule has 0 aromatic heterocycles. The average Bonchev–Trinajstić information content (AvgIpc) is 2.11. The molecular formula is C9H11NO4. The van der Waals surface area contributed by atoms with Crippen molar-refractivity contribution in [1.29, 1.82) is 0 Å². The third-order valence-corrected chi connectivity index (χ3v) is 1.77. The first-order valence-corrected chi connectivity index (χ1v) is 4.17. The summed E-state index contributed by atoms with van der Waals surface area (Å²) in [6.07, 6.45) is 0. The second-order valence-electron chi connectivity index (χ2n) is 2.80. The Bertz CT molecular complexity index is 362. The zero-order valence-electron chi connectivity index (χ0n) is 7.98. The lowest BCUT2D eigenvalue weighted by atomic mass is 10.2. The van der Waals surface area contributed by atoms with Crippen molar-refractivity contribution in [2.24, 2.45) is 0 Å². The zero-order chi connectivity index (χ0) is 10.7. The summed E-state index contributed by atoms with van der Waals surface area (Å²) in [4.78, 5) is 10.00. The summed E-state index contributed by atoms with van der Waals surface area (Å²) in [6, 6.07) is 2.55. The van der Waals surface area contributed by atoms with Gasteiger partial charge in [-0.05, 0) is 25.5 Å². The molecule has 5 nitrogen and oxygen atoms in total. The van der Waals surface area contributed by atoms with Crippen LogP contribution in [0.15, 0.2) is 12.1 Å². The first kappa shape index (κ1) is 10.3. The summed E-state index contributed by atoms with van der Waals surface area (Å²) < 4.78 is 5.08. The lowest BCUT2D eigenvalue weighted by Gasteiger charge is -2.06. The first-order valence-electron chi connectivity index (χ1n) is 4.17. The zero-order valence-corrected chi connectivity index (χ0v) is 7.98. The van der Waals surface area contributed by atoms with Gasteiger partial charge in [-0.15, -0.1) is 0 Å². The third kappa shape index (κ3) is 1.93. The summed E-state index contributed by atoms with van der Waals surface area (Å²) in [5.41, 5.74) is 0.342. The van der Waals surface area contributed by atoms with Gasteiger partial charge in [-0.1, -0.05) is 0 Å². The molecule has 0 aliphatic heterocycles. The van der Waals surface area contributed by atoms with Gasteiger partial charge in [0, 0.05) is 0 Å². The van der Waals surface area contributed by atoms with Gasteiger partial charge < -0.3 is 9.84 Å². The number of rotatable bonds is 3. The standard InChI is InChI=1S/C9H11NO4/c1-3-14-9-4-6(2)8(11)5-7(9)10(12)13/h4-5,11H,3H2,1-2H3. The van der Waals surface area contributed by atoms with Crippen molar-refractivity contribution in [3.05, 3.63) is 27.8 Å². The number of nitro benzene ring substituents is 1. The van der Waals surface area contributed by atoms with Crippen molar-refractivity contribution < 1.29 is 14.8 Å². The van der Waals surface area contributed by atoms with Crippen LogP contribution in [0.1, 0.15) is 12.5 Å². The highest BCUT2D eigenvalue weighted by Crippen LogP contribution is 2.33. The quantitative estimate of drug-likeness (QED) is 0.594. The minimum absolute atomic E-state index is 0.0971. The fraction of sp³-hybridized carbons (Fsp3) is 0.333. The number of nitrogens with zero attached hydrogens (tertiary/aromatic N) is 1. The van der Waals surface area contributed by atoms with E-state index in [1.165, 1.54) is 6.07 Å². The van der Waals surface area contributed by atoms with E-state index in [4.69, 9.17) is 4.74 Å². The maximum atomic E-state index is 10.6. The van der Waals surface area contributed by atoms with Gasteiger partial charge in [0.2, 0.25) is 0 Å². The highest BCUT2D eigenvalue weighted by molar-refractivity contribution is 5.54. The molecule has 0 heterocycles. The van der Waals surface area contributed by atoms with Crippen molar-refractivity contribution >= 4 is 5.69 Å². The predicted octanol–water partition coefficient (Wildman–Crippen LogP) is 2.01. The van der Waals surface area contributed by atoms with E-state index in [2.05, 4.69) is 0 Å². The molecule has 0 aliphatic carbocycles. The molecule has 0 saturated carbocycles. The van der Waals surface area contributed by atoms with Crippen molar-refractivity contribution in [3.63, 3.8) is 0 Å². The Kier molecular flexibility index (Phi) is 2.91. The Labute approximate surface area is 81.1 Å². The van der Waals surface area contributed by atoms with Crippen LogP contribution in [0, 0.1) is 17.0 Å². The van der Waals surface area contributed by atoms with Gasteiger partial charge in [0.1, 0.15) is 5.75 Å². The molecule has 1 rings (SSSR count). The Balaban J connectivity index is 3.24. The van der Waals surface area contributed by atoms with Crippen LogP contribution in [0.5, 0.6) is 11.5 Å². The molecule has 0 atom stereocenters. The second-order valence-corrected chi connectivity index (χ2v) is 2.80. The molecule has 1 aromatic carbocycles. The molecule has 0 radical (unpaired) electrons. The molecule has 0 bridgehead atoms. The SMILES string of the molecule is CCOc1cc(C)c(O)cc1[N+](=O)[O-]. The fourth-order valence-corrected chi connectivity index (χ4v) is 1.07. The normalized spacial score (nSPS) is 9.86. The monoisotopic (exact) mass is 197 g/mol. The number of aromatic hydroxyl groups is 1. The van der Waals surface area contributed by atoms with Crippen LogP contribution in [0.2, 0.25) is 0 Å². The Morgan fingerprint density at radius 2 is 2.21 bits per heavy atom. The Morgan fingerprint density at radius 1 is 1.57 bits per heavy atom. The third-order valence-electron chi connectivity index (χ3n) is 1.77. The van der Waals surface area contributed by atoms with Crippen molar-refractivity contribution in [3.8, 4) is 11.5 Å². The topological polar surface area (TPSA) is 72.6 Å². The van der Waals surface area contributed by atoms with E-state index < -0.39 is 4.92 Å². The number of nitro groups is 1. The van der Waals surface area contributed by atoms with E-state index in [1.807, 2.05) is 0 Å². The van der Waals surface area contributed by atoms with Gasteiger partial charge in [-0.3, -0.25) is 10.1 Å². The minimum atomic E-state index is -0.579. The first-order chi connectivity index (χ1) is 6.56. The van der Waals surface area contributed by atoms with E-state index >= 15 is 0 Å². The summed E-state index contributed by atoms with van der Waals surface area (Å²) >= 11 is 0. The summed E-state index contributed by atoms with van der Waals surface area (Å²) in [7, 11) is 0. The number of aryl methyl sites for hydroxylation is 1. The van der Waals surface area contributed by atoms with Gasteiger partial charge in [-0.25, -0.2) is 0 Å². The number of benzene rings is 1. The van der Waals surface area contributed by atoms with E-state index in [-0.39, 0.29) is 17.2 Å². The summed E-state index contributed by atoms with van der Waals surface area (Å²) in [5.74, 6) is 0.0907. The lowest BCUT2D eigenvalue weighted by Crippen LogP contribution is -1.97. The highest BCUT2D eigenvalue weighted by atomic mass is 16.6. The van der Waals surface area contributed by atoms with Crippen molar-refractivity contribution in [1.82, 2.24) is 0 Å². The molecular weight excluding hydrogens is 186 g/mol. The van der Waals surface area contributed by atoms with Crippen LogP contribution >= 0.6 is 0 Å². The van der Waals surface area contributed by atoms with E-state index in [9.17, 15) is 15.2 Å². The number of phenolic OH excluding ortho intramolecular Hbond substituents is 1. The molecule has 0 saturated heterocycles. The summed E-state index contributed by atoms with van der Waals surface area (Å²) in [6.45, 7) is 3.75. The summed E-state index contributed by atoms with van der Waals surface area (Å²) in [5, 5.41) is 19.9. The van der Waals surface area contributed by atoms with Crippen LogP contribution in [0.25, 0.3) is 0 Å². The maximum Gasteiger partial charge on any atom is 0.314 e. The molecule has 5 heteroatoms. The average molecular weight is 197 g/mol. The number of hydrogen-bond acceptors (Lipinski definition) is 4. The number of hydrogen-bond donors (Lipinski definition) is 1. The molecule has 0 spiro atoms. The van der Waals surface area contributed by atoms with E-state index in [0.29, 0.717) is 12.2 Å². The van der Waals surface area contributed by atoms with Gasteiger partial charge in [0.25, 0.3) is 0 Å². The van der Waals surface area contributed by atoms with E-state index in [0.717, 1.165) is 6.07 Å². The lowest BCUT2D eigenvalue weighted by molar-refractivity contribution is -0.385. The van der Waals surface area contributed by atoms with Gasteiger partial charge in [0.05, 0.1) is 17.6 Å². The molecule has 76 valence electrons. The van der Waals surface area contributed by atoms with Crippen LogP contribution in [0.4, 0.5) is 5.69 Å². The molecule has 0 unspecified atom stereocenters. The Hall–Kier alpha value is -1.78. The van der Waals surface area contributed by atoms with E-state index in [1.54, 1.807) is 13.8 Å². The molecule has 14 heavy (non-hydrogen) atoms. The van der Waals surface area contributed by atoms with Gasteiger partial charge in [-0.2, -0.15) is 0 Å².